The van der Waals surface area contributed by atoms with Crippen LogP contribution in [0.2, 0.25) is 0 Å². The van der Waals surface area contributed by atoms with Gasteiger partial charge < -0.3 is 19.5 Å². The molecule has 0 unspecified atom stereocenters. The van der Waals surface area contributed by atoms with E-state index in [4.69, 9.17) is 4.74 Å². The van der Waals surface area contributed by atoms with Crippen LogP contribution in [0.1, 0.15) is 6.42 Å². The lowest BCUT2D eigenvalue weighted by atomic mass is 10.1. The van der Waals surface area contributed by atoms with Crippen molar-refractivity contribution in [1.29, 1.82) is 0 Å². The number of pyridine rings is 1. The predicted molar refractivity (Wildman–Crippen MR) is 88.8 cm³/mol. The second kappa shape index (κ2) is 6.83. The zero-order valence-corrected chi connectivity index (χ0v) is 13.2. The third kappa shape index (κ3) is 3.37. The van der Waals surface area contributed by atoms with Gasteiger partial charge in [-0.3, -0.25) is 9.59 Å². The van der Waals surface area contributed by atoms with Gasteiger partial charge in [-0.15, -0.1) is 0 Å². The van der Waals surface area contributed by atoms with Crippen molar-refractivity contribution in [3.8, 4) is 5.75 Å². The van der Waals surface area contributed by atoms with Crippen molar-refractivity contribution >= 4 is 16.7 Å². The quantitative estimate of drug-likeness (QED) is 0.908. The second-order valence-corrected chi connectivity index (χ2v) is 5.65. The van der Waals surface area contributed by atoms with Crippen LogP contribution in [0.5, 0.6) is 5.75 Å². The number of amides is 1. The number of ether oxygens (including phenoxy) is 1. The Morgan fingerprint density at radius 2 is 2.04 bits per heavy atom. The van der Waals surface area contributed by atoms with Crippen LogP contribution in [0.4, 0.5) is 0 Å². The number of nitrogens with zero attached hydrogens (tertiary/aromatic N) is 2. The first-order valence-corrected chi connectivity index (χ1v) is 7.85. The van der Waals surface area contributed by atoms with Gasteiger partial charge >= 0.3 is 0 Å². The molecule has 1 fully saturated rings. The molecule has 1 aromatic heterocycles. The maximum atomic E-state index is 12.5. The number of hydrogen-bond acceptors (Lipinski definition) is 4. The van der Waals surface area contributed by atoms with E-state index in [2.05, 4.69) is 5.32 Å². The number of fused-ring (bicyclic) bond motifs is 1. The molecular weight excluding hydrogens is 294 g/mol. The maximum absolute atomic E-state index is 12.5. The van der Waals surface area contributed by atoms with Gasteiger partial charge in [-0.2, -0.15) is 0 Å². The van der Waals surface area contributed by atoms with Crippen LogP contribution >= 0.6 is 0 Å². The van der Waals surface area contributed by atoms with Crippen molar-refractivity contribution in [2.45, 2.75) is 13.0 Å². The molecule has 1 aliphatic heterocycles. The summed E-state index contributed by atoms with van der Waals surface area (Å²) < 4.78 is 6.78. The first-order chi connectivity index (χ1) is 11.2. The highest BCUT2D eigenvalue weighted by molar-refractivity contribution is 5.83. The minimum absolute atomic E-state index is 0.0711. The molecule has 1 N–H and O–H groups in total. The highest BCUT2D eigenvalue weighted by Gasteiger charge is 2.16. The summed E-state index contributed by atoms with van der Waals surface area (Å²) in [6.07, 6.45) is 2.09. The molecule has 1 aliphatic rings. The number of benzene rings is 1. The zero-order chi connectivity index (χ0) is 16.2. The highest BCUT2D eigenvalue weighted by Crippen LogP contribution is 2.17. The fraction of sp³-hybridized carbons (Fsp3) is 0.412. The molecule has 2 aromatic rings. The van der Waals surface area contributed by atoms with Crippen molar-refractivity contribution in [2.24, 2.45) is 0 Å². The molecule has 0 saturated carbocycles. The summed E-state index contributed by atoms with van der Waals surface area (Å²) in [7, 11) is 1.60. The summed E-state index contributed by atoms with van der Waals surface area (Å²) in [5.41, 5.74) is -0.0711. The molecule has 0 bridgehead atoms. The molecule has 6 nitrogen and oxygen atoms in total. The highest BCUT2D eigenvalue weighted by atomic mass is 16.5. The van der Waals surface area contributed by atoms with Gasteiger partial charge in [0.15, 0.2) is 0 Å². The second-order valence-electron chi connectivity index (χ2n) is 5.65. The minimum atomic E-state index is -0.0711. The Morgan fingerprint density at radius 1 is 1.26 bits per heavy atom. The topological polar surface area (TPSA) is 63.6 Å². The fourth-order valence-corrected chi connectivity index (χ4v) is 2.86. The van der Waals surface area contributed by atoms with Gasteiger partial charge in [0.2, 0.25) is 5.91 Å². The Bertz CT molecular complexity index is 763. The molecule has 6 heteroatoms. The van der Waals surface area contributed by atoms with Crippen LogP contribution in [0.25, 0.3) is 10.8 Å². The predicted octanol–water partition coefficient (Wildman–Crippen LogP) is 0.832. The molecule has 0 spiro atoms. The Hall–Kier alpha value is -2.34. The Labute approximate surface area is 134 Å². The van der Waals surface area contributed by atoms with Gasteiger partial charge in [0.25, 0.3) is 5.56 Å². The molecule has 0 aliphatic carbocycles. The van der Waals surface area contributed by atoms with E-state index in [9.17, 15) is 9.59 Å². The van der Waals surface area contributed by atoms with Gasteiger partial charge in [-0.1, -0.05) is 0 Å². The molecule has 3 rings (SSSR count). The van der Waals surface area contributed by atoms with Crippen LogP contribution < -0.4 is 15.6 Å². The average Bonchev–Trinajstić information content (AvgIpc) is 2.61. The average molecular weight is 315 g/mol. The smallest absolute Gasteiger partial charge is 0.258 e. The number of carbonyl (C=O) groups is 1. The van der Waals surface area contributed by atoms with E-state index < -0.39 is 0 Å². The number of hydrogen-bond donors (Lipinski definition) is 1. The third-order valence-corrected chi connectivity index (χ3v) is 4.22. The molecule has 1 saturated heterocycles. The summed E-state index contributed by atoms with van der Waals surface area (Å²) in [6, 6.07) is 7.27. The molecule has 122 valence electrons. The van der Waals surface area contributed by atoms with Crippen LogP contribution in [0, 0.1) is 0 Å². The van der Waals surface area contributed by atoms with Gasteiger partial charge in [-0.25, -0.2) is 0 Å². The van der Waals surface area contributed by atoms with Crippen molar-refractivity contribution in [1.82, 2.24) is 14.8 Å². The molecular formula is C17H21N3O3. The molecule has 1 aromatic carbocycles. The minimum Gasteiger partial charge on any atom is -0.497 e. The van der Waals surface area contributed by atoms with Crippen molar-refractivity contribution in [3.63, 3.8) is 0 Å². The van der Waals surface area contributed by atoms with Crippen molar-refractivity contribution in [3.05, 3.63) is 40.8 Å². The van der Waals surface area contributed by atoms with E-state index in [1.165, 1.54) is 0 Å². The van der Waals surface area contributed by atoms with Crippen molar-refractivity contribution in [2.75, 3.05) is 33.3 Å². The van der Waals surface area contributed by atoms with Crippen molar-refractivity contribution < 1.29 is 9.53 Å². The molecule has 0 atom stereocenters. The number of nitrogens with one attached hydrogen (secondary N) is 1. The summed E-state index contributed by atoms with van der Waals surface area (Å²) in [5, 5.41) is 4.71. The summed E-state index contributed by atoms with van der Waals surface area (Å²) in [5.74, 6) is 0.830. The zero-order valence-electron chi connectivity index (χ0n) is 13.2. The number of carbonyl (C=O) groups excluding carboxylic acids is 1. The van der Waals surface area contributed by atoms with E-state index in [0.717, 1.165) is 37.3 Å². The van der Waals surface area contributed by atoms with E-state index in [-0.39, 0.29) is 11.5 Å². The number of aromatic nitrogens is 1. The van der Waals surface area contributed by atoms with Gasteiger partial charge in [0, 0.05) is 50.7 Å². The van der Waals surface area contributed by atoms with Crippen LogP contribution in [-0.2, 0) is 11.3 Å². The molecule has 23 heavy (non-hydrogen) atoms. The van der Waals surface area contributed by atoms with Crippen LogP contribution in [-0.4, -0.2) is 48.7 Å². The van der Waals surface area contributed by atoms with E-state index in [1.54, 1.807) is 30.0 Å². The summed E-state index contributed by atoms with van der Waals surface area (Å²) >= 11 is 0. The number of aryl methyl sites for hydroxylation is 1. The lowest BCUT2D eigenvalue weighted by Crippen LogP contribution is -2.46. The summed E-state index contributed by atoms with van der Waals surface area (Å²) in [6.45, 7) is 3.56. The largest absolute Gasteiger partial charge is 0.497 e. The Kier molecular flexibility index (Phi) is 4.62. The Balaban J connectivity index is 1.74. The van der Waals surface area contributed by atoms with Gasteiger partial charge in [0.1, 0.15) is 5.75 Å². The lowest BCUT2D eigenvalue weighted by Gasteiger charge is -2.27. The van der Waals surface area contributed by atoms with Crippen LogP contribution in [0.15, 0.2) is 35.3 Å². The molecule has 1 amide bonds. The lowest BCUT2D eigenvalue weighted by molar-refractivity contribution is -0.132. The standard InChI is InChI=1S/C17H21N3O3/c1-23-14-2-3-15-13(12-14)4-8-20(17(15)22)9-5-16(21)19-10-6-18-7-11-19/h2-4,8,12,18H,5-7,9-11H2,1H3. The van der Waals surface area contributed by atoms with Gasteiger partial charge in [-0.05, 0) is 29.7 Å². The SMILES string of the molecule is COc1ccc2c(=O)n(CCC(=O)N3CCNCC3)ccc2c1. The number of methoxy groups -OCH3 is 1. The third-order valence-electron chi connectivity index (χ3n) is 4.22. The maximum Gasteiger partial charge on any atom is 0.258 e. The van der Waals surface area contributed by atoms with Gasteiger partial charge in [0.05, 0.1) is 7.11 Å². The number of piperazine rings is 1. The summed E-state index contributed by atoms with van der Waals surface area (Å²) in [4.78, 5) is 26.6. The monoisotopic (exact) mass is 315 g/mol. The molecule has 0 radical (unpaired) electrons. The van der Waals surface area contributed by atoms with E-state index in [1.807, 2.05) is 17.0 Å². The Morgan fingerprint density at radius 3 is 2.78 bits per heavy atom. The first kappa shape index (κ1) is 15.6. The van der Waals surface area contributed by atoms with E-state index in [0.29, 0.717) is 18.4 Å². The fourth-order valence-electron chi connectivity index (χ4n) is 2.86. The van der Waals surface area contributed by atoms with Crippen LogP contribution in [0.3, 0.4) is 0 Å². The first-order valence-electron chi connectivity index (χ1n) is 7.85. The normalized spacial score (nSPS) is 14.9. The molecule has 2 heterocycles. The number of rotatable bonds is 4. The van der Waals surface area contributed by atoms with E-state index >= 15 is 0 Å².